The molecule has 0 aliphatic carbocycles. The summed E-state index contributed by atoms with van der Waals surface area (Å²) >= 11 is 3.14. The van der Waals surface area contributed by atoms with Crippen molar-refractivity contribution < 1.29 is 23.5 Å². The van der Waals surface area contributed by atoms with Gasteiger partial charge in [-0.15, -0.1) is 0 Å². The molecule has 0 bridgehead atoms. The van der Waals surface area contributed by atoms with Crippen LogP contribution in [0.3, 0.4) is 0 Å². The van der Waals surface area contributed by atoms with Crippen LogP contribution in [0, 0.1) is 5.82 Å². The van der Waals surface area contributed by atoms with Crippen molar-refractivity contribution in [2.45, 2.75) is 13.0 Å². The molecule has 0 atom stereocenters. The van der Waals surface area contributed by atoms with E-state index in [1.165, 1.54) is 12.1 Å². The third kappa shape index (κ3) is 3.76. The van der Waals surface area contributed by atoms with Gasteiger partial charge in [0.15, 0.2) is 0 Å². The van der Waals surface area contributed by atoms with E-state index < -0.39 is 30.1 Å². The Bertz CT molecular complexity index is 868. The van der Waals surface area contributed by atoms with Crippen molar-refractivity contribution in [2.75, 3.05) is 6.54 Å². The number of amides is 2. The minimum atomic E-state index is -0.775. The first-order valence-corrected chi connectivity index (χ1v) is 8.27. The standard InChI is InChI=1S/C18H13BrFNO4/c19-13-6-5-12(15(20)8-13)10-25-17(23)9-21-16(22)7-11-3-1-2-4-14(11)18(21)24/h1-6,8H,7,9-10H2. The summed E-state index contributed by atoms with van der Waals surface area (Å²) in [4.78, 5) is 37.3. The van der Waals surface area contributed by atoms with Crippen LogP contribution in [-0.2, 0) is 27.4 Å². The smallest absolute Gasteiger partial charge is 0.326 e. The monoisotopic (exact) mass is 405 g/mol. The number of halogens is 2. The van der Waals surface area contributed by atoms with Crippen LogP contribution in [0.1, 0.15) is 21.5 Å². The first-order chi connectivity index (χ1) is 12.0. The number of ether oxygens (including phenoxy) is 1. The summed E-state index contributed by atoms with van der Waals surface area (Å²) < 4.78 is 19.3. The van der Waals surface area contributed by atoms with Crippen molar-refractivity contribution in [1.82, 2.24) is 4.90 Å². The molecule has 5 nitrogen and oxygen atoms in total. The summed E-state index contributed by atoms with van der Waals surface area (Å²) in [5.74, 6) is -2.28. The van der Waals surface area contributed by atoms with Crippen LogP contribution < -0.4 is 0 Å². The van der Waals surface area contributed by atoms with Crippen molar-refractivity contribution in [3.05, 3.63) is 69.4 Å². The molecule has 0 saturated heterocycles. The van der Waals surface area contributed by atoms with Crippen LogP contribution in [-0.4, -0.2) is 29.2 Å². The SMILES string of the molecule is O=C(CN1C(=O)Cc2ccccc2C1=O)OCc1ccc(Br)cc1F. The minimum Gasteiger partial charge on any atom is -0.459 e. The highest BCUT2D eigenvalue weighted by atomic mass is 79.9. The van der Waals surface area contributed by atoms with E-state index in [1.807, 2.05) is 0 Å². The number of carbonyl (C=O) groups excluding carboxylic acids is 3. The maximum Gasteiger partial charge on any atom is 0.326 e. The third-order valence-electron chi connectivity index (χ3n) is 3.83. The second kappa shape index (κ2) is 7.14. The lowest BCUT2D eigenvalue weighted by Crippen LogP contribution is -2.45. The van der Waals surface area contributed by atoms with Gasteiger partial charge in [-0.1, -0.05) is 40.2 Å². The lowest BCUT2D eigenvalue weighted by molar-refractivity contribution is -0.149. The highest BCUT2D eigenvalue weighted by Crippen LogP contribution is 2.20. The third-order valence-corrected chi connectivity index (χ3v) is 4.32. The molecule has 0 unspecified atom stereocenters. The van der Waals surface area contributed by atoms with Crippen molar-refractivity contribution in [2.24, 2.45) is 0 Å². The van der Waals surface area contributed by atoms with E-state index in [4.69, 9.17) is 4.74 Å². The van der Waals surface area contributed by atoms with E-state index in [2.05, 4.69) is 15.9 Å². The van der Waals surface area contributed by atoms with Gasteiger partial charge in [-0.2, -0.15) is 0 Å². The molecular weight excluding hydrogens is 393 g/mol. The predicted molar refractivity (Wildman–Crippen MR) is 90.1 cm³/mol. The molecule has 3 rings (SSSR count). The summed E-state index contributed by atoms with van der Waals surface area (Å²) in [6, 6.07) is 11.1. The van der Waals surface area contributed by atoms with E-state index in [-0.39, 0.29) is 18.6 Å². The van der Waals surface area contributed by atoms with Crippen LogP contribution in [0.5, 0.6) is 0 Å². The van der Waals surface area contributed by atoms with E-state index in [9.17, 15) is 18.8 Å². The predicted octanol–water partition coefficient (Wildman–Crippen LogP) is 2.86. The molecule has 1 aliphatic heterocycles. The summed E-state index contributed by atoms with van der Waals surface area (Å²) in [6.07, 6.45) is 0.0521. The Hall–Kier alpha value is -2.54. The highest BCUT2D eigenvalue weighted by Gasteiger charge is 2.32. The Morgan fingerprint density at radius 2 is 1.96 bits per heavy atom. The Balaban J connectivity index is 1.65. The normalized spacial score (nSPS) is 13.6. The van der Waals surface area contributed by atoms with Gasteiger partial charge < -0.3 is 4.74 Å². The number of imide groups is 1. The van der Waals surface area contributed by atoms with Gasteiger partial charge in [0.05, 0.1) is 6.42 Å². The topological polar surface area (TPSA) is 63.7 Å². The molecule has 7 heteroatoms. The fourth-order valence-corrected chi connectivity index (χ4v) is 2.86. The fourth-order valence-electron chi connectivity index (χ4n) is 2.53. The molecule has 128 valence electrons. The number of carbonyl (C=O) groups is 3. The molecule has 2 aromatic rings. The Kier molecular flexibility index (Phi) is 4.94. The molecule has 1 heterocycles. The zero-order valence-electron chi connectivity index (χ0n) is 13.0. The molecule has 25 heavy (non-hydrogen) atoms. The number of esters is 1. The summed E-state index contributed by atoms with van der Waals surface area (Å²) in [5, 5.41) is 0. The lowest BCUT2D eigenvalue weighted by Gasteiger charge is -2.25. The van der Waals surface area contributed by atoms with E-state index >= 15 is 0 Å². The molecule has 0 saturated carbocycles. The maximum atomic E-state index is 13.7. The maximum absolute atomic E-state index is 13.7. The molecule has 0 radical (unpaired) electrons. The molecule has 0 spiro atoms. The van der Waals surface area contributed by atoms with E-state index in [0.717, 1.165) is 4.90 Å². The number of nitrogens with zero attached hydrogens (tertiary/aromatic N) is 1. The van der Waals surface area contributed by atoms with Crippen molar-refractivity contribution in [3.8, 4) is 0 Å². The van der Waals surface area contributed by atoms with Gasteiger partial charge in [0.2, 0.25) is 5.91 Å². The van der Waals surface area contributed by atoms with E-state index in [0.29, 0.717) is 15.6 Å². The van der Waals surface area contributed by atoms with Gasteiger partial charge in [-0.05, 0) is 23.8 Å². The van der Waals surface area contributed by atoms with Crippen LogP contribution in [0.2, 0.25) is 0 Å². The molecule has 0 fully saturated rings. The number of benzene rings is 2. The fraction of sp³-hybridized carbons (Fsp3) is 0.167. The highest BCUT2D eigenvalue weighted by molar-refractivity contribution is 9.10. The quantitative estimate of drug-likeness (QED) is 0.579. The molecule has 2 amide bonds. The molecule has 0 N–H and O–H groups in total. The largest absolute Gasteiger partial charge is 0.459 e. The molecule has 1 aliphatic rings. The Morgan fingerprint density at radius 3 is 2.72 bits per heavy atom. The number of rotatable bonds is 4. The number of fused-ring (bicyclic) bond motifs is 1. The Morgan fingerprint density at radius 1 is 1.20 bits per heavy atom. The average molecular weight is 406 g/mol. The first kappa shape index (κ1) is 17.3. The second-order valence-electron chi connectivity index (χ2n) is 5.52. The Labute approximate surface area is 151 Å². The van der Waals surface area contributed by atoms with Gasteiger partial charge >= 0.3 is 5.97 Å². The van der Waals surface area contributed by atoms with Gasteiger partial charge in [0, 0.05) is 15.6 Å². The van der Waals surface area contributed by atoms with Gasteiger partial charge in [-0.25, -0.2) is 4.39 Å². The molecule has 2 aromatic carbocycles. The van der Waals surface area contributed by atoms with Gasteiger partial charge in [0.1, 0.15) is 19.0 Å². The van der Waals surface area contributed by atoms with Crippen molar-refractivity contribution in [1.29, 1.82) is 0 Å². The van der Waals surface area contributed by atoms with Crippen molar-refractivity contribution >= 4 is 33.7 Å². The lowest BCUT2D eigenvalue weighted by atomic mass is 9.98. The van der Waals surface area contributed by atoms with Crippen LogP contribution in [0.15, 0.2) is 46.9 Å². The van der Waals surface area contributed by atoms with Gasteiger partial charge in [0.25, 0.3) is 5.91 Å². The van der Waals surface area contributed by atoms with Crippen LogP contribution in [0.25, 0.3) is 0 Å². The second-order valence-corrected chi connectivity index (χ2v) is 6.43. The number of hydrogen-bond donors (Lipinski definition) is 0. The molecular formula is C18H13BrFNO4. The van der Waals surface area contributed by atoms with E-state index in [1.54, 1.807) is 30.3 Å². The first-order valence-electron chi connectivity index (χ1n) is 7.48. The summed E-state index contributed by atoms with van der Waals surface area (Å²) in [7, 11) is 0. The molecule has 0 aromatic heterocycles. The zero-order valence-corrected chi connectivity index (χ0v) is 14.6. The van der Waals surface area contributed by atoms with Gasteiger partial charge in [-0.3, -0.25) is 19.3 Å². The minimum absolute atomic E-state index is 0.0521. The summed E-state index contributed by atoms with van der Waals surface area (Å²) in [6.45, 7) is -0.769. The average Bonchev–Trinajstić information content (AvgIpc) is 2.58. The summed E-state index contributed by atoms with van der Waals surface area (Å²) in [5.41, 5.74) is 1.24. The number of hydrogen-bond acceptors (Lipinski definition) is 4. The van der Waals surface area contributed by atoms with Crippen molar-refractivity contribution in [3.63, 3.8) is 0 Å². The van der Waals surface area contributed by atoms with Crippen LogP contribution in [0.4, 0.5) is 4.39 Å². The zero-order chi connectivity index (χ0) is 18.0. The van der Waals surface area contributed by atoms with Crippen LogP contribution >= 0.6 is 15.9 Å².